The quantitative estimate of drug-likeness (QED) is 0.777. The average Bonchev–Trinajstić information content (AvgIpc) is 3.10. The molecule has 1 aromatic rings. The Hall–Kier alpha value is -1.88. The van der Waals surface area contributed by atoms with E-state index in [1.807, 2.05) is 29.2 Å². The smallest absolute Gasteiger partial charge is 0.281 e. The van der Waals surface area contributed by atoms with Gasteiger partial charge in [0.25, 0.3) is 5.91 Å². The molecule has 1 amide bonds. The number of fused-ring (bicyclic) bond motifs is 1. The maximum absolute atomic E-state index is 12.5. The van der Waals surface area contributed by atoms with Crippen LogP contribution in [0.4, 0.5) is 5.69 Å². The molecule has 0 saturated carbocycles. The molecule has 2 heterocycles. The first kappa shape index (κ1) is 14.1. The van der Waals surface area contributed by atoms with Crippen LogP contribution in [0.3, 0.4) is 0 Å². The maximum atomic E-state index is 12.5. The van der Waals surface area contributed by atoms with Gasteiger partial charge in [-0.3, -0.25) is 4.79 Å². The largest absolute Gasteiger partial charge is 0.398 e. The zero-order valence-corrected chi connectivity index (χ0v) is 12.4. The summed E-state index contributed by atoms with van der Waals surface area (Å²) in [6.45, 7) is 4.18. The SMILES string of the molecule is CON=C1C(=O)N(CCCN2CCCC2)c2ccccc21. The molecule has 112 valence electrons. The summed E-state index contributed by atoms with van der Waals surface area (Å²) < 4.78 is 0. The number of nitrogens with zero attached hydrogens (tertiary/aromatic N) is 3. The van der Waals surface area contributed by atoms with Crippen molar-refractivity contribution >= 4 is 17.3 Å². The van der Waals surface area contributed by atoms with Crippen LogP contribution in [0.25, 0.3) is 0 Å². The van der Waals surface area contributed by atoms with Gasteiger partial charge >= 0.3 is 0 Å². The van der Waals surface area contributed by atoms with Gasteiger partial charge in [-0.1, -0.05) is 23.4 Å². The van der Waals surface area contributed by atoms with E-state index < -0.39 is 0 Å². The van der Waals surface area contributed by atoms with E-state index >= 15 is 0 Å². The van der Waals surface area contributed by atoms with Gasteiger partial charge in [-0.15, -0.1) is 0 Å². The number of benzene rings is 1. The third kappa shape index (κ3) is 2.78. The lowest BCUT2D eigenvalue weighted by molar-refractivity contribution is -0.112. The molecule has 0 spiro atoms. The number of amides is 1. The van der Waals surface area contributed by atoms with Gasteiger partial charge in [0.15, 0.2) is 5.71 Å². The molecule has 0 radical (unpaired) electrons. The summed E-state index contributed by atoms with van der Waals surface area (Å²) in [5.74, 6) is -0.0560. The Labute approximate surface area is 125 Å². The summed E-state index contributed by atoms with van der Waals surface area (Å²) in [7, 11) is 1.47. The maximum Gasteiger partial charge on any atom is 0.281 e. The van der Waals surface area contributed by atoms with Crippen molar-refractivity contribution in [3.05, 3.63) is 29.8 Å². The predicted molar refractivity (Wildman–Crippen MR) is 82.6 cm³/mol. The highest BCUT2D eigenvalue weighted by atomic mass is 16.6. The van der Waals surface area contributed by atoms with Crippen molar-refractivity contribution in [1.29, 1.82) is 0 Å². The lowest BCUT2D eigenvalue weighted by Crippen LogP contribution is -2.33. The Bertz CT molecular complexity index is 550. The number of carbonyl (C=O) groups excluding carboxylic acids is 1. The molecule has 5 heteroatoms. The fourth-order valence-electron chi connectivity index (χ4n) is 3.12. The van der Waals surface area contributed by atoms with Gasteiger partial charge in [0.2, 0.25) is 0 Å². The van der Waals surface area contributed by atoms with Gasteiger partial charge in [-0.2, -0.15) is 0 Å². The van der Waals surface area contributed by atoms with Gasteiger partial charge in [0.1, 0.15) is 7.11 Å². The monoisotopic (exact) mass is 287 g/mol. The highest BCUT2D eigenvalue weighted by Gasteiger charge is 2.34. The predicted octanol–water partition coefficient (Wildman–Crippen LogP) is 1.87. The molecule has 0 N–H and O–H groups in total. The standard InChI is InChI=1S/C16H21N3O2/c1-21-17-15-13-7-2-3-8-14(13)19(16(15)20)12-6-11-18-9-4-5-10-18/h2-3,7-8H,4-6,9-12H2,1H3. The lowest BCUT2D eigenvalue weighted by atomic mass is 10.1. The van der Waals surface area contributed by atoms with E-state index in [-0.39, 0.29) is 5.91 Å². The number of hydrogen-bond acceptors (Lipinski definition) is 4. The van der Waals surface area contributed by atoms with Gasteiger partial charge in [0, 0.05) is 12.1 Å². The Morgan fingerprint density at radius 1 is 1.19 bits per heavy atom. The van der Waals surface area contributed by atoms with Gasteiger partial charge in [0.05, 0.1) is 5.69 Å². The van der Waals surface area contributed by atoms with Crippen LogP contribution >= 0.6 is 0 Å². The highest BCUT2D eigenvalue weighted by molar-refractivity contribution is 6.54. The van der Waals surface area contributed by atoms with Crippen LogP contribution in [0.5, 0.6) is 0 Å². The zero-order valence-electron chi connectivity index (χ0n) is 12.4. The second-order valence-electron chi connectivity index (χ2n) is 5.50. The number of para-hydroxylation sites is 1. The summed E-state index contributed by atoms with van der Waals surface area (Å²) in [6, 6.07) is 7.77. The summed E-state index contributed by atoms with van der Waals surface area (Å²) >= 11 is 0. The zero-order chi connectivity index (χ0) is 14.7. The van der Waals surface area contributed by atoms with Crippen LogP contribution in [0.1, 0.15) is 24.8 Å². The molecule has 21 heavy (non-hydrogen) atoms. The van der Waals surface area contributed by atoms with Crippen molar-refractivity contribution in [2.45, 2.75) is 19.3 Å². The molecule has 0 aliphatic carbocycles. The number of oxime groups is 1. The first-order valence-electron chi connectivity index (χ1n) is 7.56. The van der Waals surface area contributed by atoms with Gasteiger partial charge in [-0.05, 0) is 45.0 Å². The molecule has 0 aromatic heterocycles. The average molecular weight is 287 g/mol. The molecule has 1 saturated heterocycles. The second kappa shape index (κ2) is 6.26. The summed E-state index contributed by atoms with van der Waals surface area (Å²) in [6.07, 6.45) is 3.59. The normalized spacial score (nSPS) is 20.3. The van der Waals surface area contributed by atoms with Crippen molar-refractivity contribution in [3.8, 4) is 0 Å². The van der Waals surface area contributed by atoms with Crippen LogP contribution in [-0.2, 0) is 9.63 Å². The third-order valence-electron chi connectivity index (χ3n) is 4.14. The minimum absolute atomic E-state index is 0.0560. The van der Waals surface area contributed by atoms with Crippen LogP contribution in [-0.4, -0.2) is 49.8 Å². The van der Waals surface area contributed by atoms with E-state index in [4.69, 9.17) is 4.84 Å². The lowest BCUT2D eigenvalue weighted by Gasteiger charge is -2.19. The fraction of sp³-hybridized carbons (Fsp3) is 0.500. The summed E-state index contributed by atoms with van der Waals surface area (Å²) in [5, 5.41) is 3.90. The molecule has 0 atom stereocenters. The number of anilines is 1. The van der Waals surface area contributed by atoms with Crippen molar-refractivity contribution in [2.24, 2.45) is 5.16 Å². The minimum Gasteiger partial charge on any atom is -0.398 e. The first-order valence-corrected chi connectivity index (χ1v) is 7.56. The van der Waals surface area contributed by atoms with Crippen LogP contribution < -0.4 is 4.90 Å². The molecule has 1 fully saturated rings. The van der Waals surface area contributed by atoms with Crippen LogP contribution in [0.15, 0.2) is 29.4 Å². The Balaban J connectivity index is 1.70. The van der Waals surface area contributed by atoms with E-state index in [1.165, 1.54) is 33.0 Å². The summed E-state index contributed by atoms with van der Waals surface area (Å²) in [4.78, 5) is 21.6. The number of rotatable bonds is 5. The van der Waals surface area contributed by atoms with Crippen molar-refractivity contribution in [2.75, 3.05) is 38.2 Å². The molecule has 1 aromatic carbocycles. The van der Waals surface area contributed by atoms with Crippen molar-refractivity contribution in [3.63, 3.8) is 0 Å². The molecular weight excluding hydrogens is 266 g/mol. The van der Waals surface area contributed by atoms with Crippen molar-refractivity contribution < 1.29 is 9.63 Å². The molecule has 2 aliphatic rings. The highest BCUT2D eigenvalue weighted by Crippen LogP contribution is 2.29. The third-order valence-corrected chi connectivity index (χ3v) is 4.14. The Kier molecular flexibility index (Phi) is 4.20. The number of carbonyl (C=O) groups is 1. The fourth-order valence-corrected chi connectivity index (χ4v) is 3.12. The molecule has 3 rings (SSSR count). The van der Waals surface area contributed by atoms with Gasteiger partial charge in [-0.25, -0.2) is 0 Å². The molecular formula is C16H21N3O2. The first-order chi connectivity index (χ1) is 10.3. The second-order valence-corrected chi connectivity index (χ2v) is 5.50. The van der Waals surface area contributed by atoms with E-state index in [9.17, 15) is 4.79 Å². The number of likely N-dealkylation sites (tertiary alicyclic amines) is 1. The van der Waals surface area contributed by atoms with Crippen molar-refractivity contribution in [1.82, 2.24) is 4.90 Å². The van der Waals surface area contributed by atoms with E-state index in [0.29, 0.717) is 5.71 Å². The Morgan fingerprint density at radius 2 is 1.95 bits per heavy atom. The van der Waals surface area contributed by atoms with E-state index in [0.717, 1.165) is 30.8 Å². The van der Waals surface area contributed by atoms with Crippen LogP contribution in [0, 0.1) is 0 Å². The minimum atomic E-state index is -0.0560. The number of hydrogen-bond donors (Lipinski definition) is 0. The molecule has 0 bridgehead atoms. The Morgan fingerprint density at radius 3 is 2.71 bits per heavy atom. The molecule has 2 aliphatic heterocycles. The molecule has 5 nitrogen and oxygen atoms in total. The van der Waals surface area contributed by atoms with E-state index in [2.05, 4.69) is 10.1 Å². The van der Waals surface area contributed by atoms with Gasteiger partial charge < -0.3 is 14.6 Å². The van der Waals surface area contributed by atoms with E-state index in [1.54, 1.807) is 0 Å². The molecule has 0 unspecified atom stereocenters. The van der Waals surface area contributed by atoms with Crippen LogP contribution in [0.2, 0.25) is 0 Å². The topological polar surface area (TPSA) is 45.1 Å². The summed E-state index contributed by atoms with van der Waals surface area (Å²) in [5.41, 5.74) is 2.22.